The zero-order valence-corrected chi connectivity index (χ0v) is 13.2. The molecular formula is C12H15N5OP2. The van der Waals surface area contributed by atoms with Crippen molar-refractivity contribution in [3.63, 3.8) is 0 Å². The Kier molecular flexibility index (Phi) is 3.45. The van der Waals surface area contributed by atoms with Crippen LogP contribution >= 0.6 is 18.5 Å². The second-order valence-corrected chi connectivity index (χ2v) is 6.92. The largest absolute Gasteiger partial charge is 0.379 e. The summed E-state index contributed by atoms with van der Waals surface area (Å²) in [5.41, 5.74) is 8.21. The van der Waals surface area contributed by atoms with E-state index in [-0.39, 0.29) is 17.3 Å². The minimum absolute atomic E-state index is 0.184. The lowest BCUT2D eigenvalue weighted by atomic mass is 10.3. The summed E-state index contributed by atoms with van der Waals surface area (Å²) in [5, 5.41) is 7.80. The van der Waals surface area contributed by atoms with Crippen LogP contribution in [0.5, 0.6) is 0 Å². The van der Waals surface area contributed by atoms with Gasteiger partial charge in [0.1, 0.15) is 0 Å². The van der Waals surface area contributed by atoms with Gasteiger partial charge in [-0.2, -0.15) is 0 Å². The van der Waals surface area contributed by atoms with E-state index in [1.54, 1.807) is 0 Å². The maximum atomic E-state index is 5.81. The zero-order chi connectivity index (χ0) is 14.3. The van der Waals surface area contributed by atoms with Gasteiger partial charge in [-0.3, -0.25) is 0 Å². The monoisotopic (exact) mass is 307 g/mol. The molecule has 2 N–H and O–H groups in total. The molecule has 8 heteroatoms. The van der Waals surface area contributed by atoms with Crippen LogP contribution in [-0.2, 0) is 0 Å². The molecule has 0 saturated heterocycles. The predicted molar refractivity (Wildman–Crippen MR) is 85.4 cm³/mol. The Balaban J connectivity index is 2.31. The maximum absolute atomic E-state index is 5.81. The number of benzene rings is 1. The summed E-state index contributed by atoms with van der Waals surface area (Å²) in [4.78, 5) is 4.62. The lowest BCUT2D eigenvalue weighted by Gasteiger charge is -2.20. The molecule has 3 atom stereocenters. The van der Waals surface area contributed by atoms with Gasteiger partial charge in [0.05, 0.1) is 11.0 Å². The SMILES string of the molecule is CC(C(P)P)n1c(-c2nonc2N)nc2ccccc21. The van der Waals surface area contributed by atoms with E-state index >= 15 is 0 Å². The number of nitrogens with zero attached hydrogens (tertiary/aromatic N) is 4. The Hall–Kier alpha value is -1.51. The molecule has 2 aromatic heterocycles. The second-order valence-electron chi connectivity index (χ2n) is 4.61. The quantitative estimate of drug-likeness (QED) is 0.751. The molecule has 0 aliphatic heterocycles. The Labute approximate surface area is 120 Å². The molecule has 6 nitrogen and oxygen atoms in total. The number of hydrogen-bond donors (Lipinski definition) is 1. The second kappa shape index (κ2) is 5.12. The highest BCUT2D eigenvalue weighted by molar-refractivity contribution is 7.37. The summed E-state index contributed by atoms with van der Waals surface area (Å²) in [6.07, 6.45) is 0. The lowest BCUT2D eigenvalue weighted by Crippen LogP contribution is -2.13. The molecule has 3 unspecified atom stereocenters. The van der Waals surface area contributed by atoms with Gasteiger partial charge in [0.25, 0.3) is 0 Å². The van der Waals surface area contributed by atoms with Gasteiger partial charge in [-0.1, -0.05) is 12.1 Å². The Morgan fingerprint density at radius 3 is 2.65 bits per heavy atom. The number of fused-ring (bicyclic) bond motifs is 1. The average Bonchev–Trinajstić information content (AvgIpc) is 3.00. The van der Waals surface area contributed by atoms with Gasteiger partial charge in [-0.15, -0.1) is 18.5 Å². The highest BCUT2D eigenvalue weighted by Gasteiger charge is 2.23. The highest BCUT2D eigenvalue weighted by atomic mass is 31.1. The number of imidazole rings is 1. The van der Waals surface area contributed by atoms with Crippen LogP contribution in [0.15, 0.2) is 28.9 Å². The van der Waals surface area contributed by atoms with Crippen LogP contribution in [0.3, 0.4) is 0 Å². The first-order valence-electron chi connectivity index (χ1n) is 6.16. The molecule has 0 radical (unpaired) electrons. The van der Waals surface area contributed by atoms with Crippen molar-refractivity contribution >= 4 is 35.3 Å². The lowest BCUT2D eigenvalue weighted by molar-refractivity contribution is 0.310. The summed E-state index contributed by atoms with van der Waals surface area (Å²) in [7, 11) is 5.56. The van der Waals surface area contributed by atoms with Gasteiger partial charge in [0.15, 0.2) is 17.3 Å². The fourth-order valence-corrected chi connectivity index (χ4v) is 2.49. The van der Waals surface area contributed by atoms with Crippen molar-refractivity contribution < 1.29 is 4.63 Å². The van der Waals surface area contributed by atoms with E-state index in [1.807, 2.05) is 24.3 Å². The summed E-state index contributed by atoms with van der Waals surface area (Å²) >= 11 is 0. The van der Waals surface area contributed by atoms with Gasteiger partial charge in [-0.05, 0) is 29.4 Å². The average molecular weight is 307 g/mol. The van der Waals surface area contributed by atoms with Crippen molar-refractivity contribution in [1.82, 2.24) is 19.9 Å². The molecule has 3 aromatic rings. The summed E-state index contributed by atoms with van der Waals surface area (Å²) in [5.74, 6) is 0.921. The molecule has 0 spiro atoms. The number of aromatic nitrogens is 4. The maximum Gasteiger partial charge on any atom is 0.199 e. The first-order chi connectivity index (χ1) is 9.59. The minimum Gasteiger partial charge on any atom is -0.379 e. The Bertz CT molecular complexity index is 751. The molecule has 3 rings (SSSR count). The Morgan fingerprint density at radius 2 is 2.00 bits per heavy atom. The molecule has 0 aliphatic rings. The van der Waals surface area contributed by atoms with Gasteiger partial charge < -0.3 is 10.3 Å². The smallest absolute Gasteiger partial charge is 0.199 e. The molecule has 0 aliphatic carbocycles. The third kappa shape index (κ3) is 2.09. The molecule has 0 bridgehead atoms. The fourth-order valence-electron chi connectivity index (χ4n) is 2.15. The molecule has 0 amide bonds. The molecule has 1 aromatic carbocycles. The number of nitrogens with two attached hydrogens (primary N) is 1. The number of nitrogen functional groups attached to an aromatic ring is 1. The number of rotatable bonds is 3. The van der Waals surface area contributed by atoms with E-state index < -0.39 is 0 Å². The first-order valence-corrected chi connectivity index (χ1v) is 7.49. The highest BCUT2D eigenvalue weighted by Crippen LogP contribution is 2.34. The molecule has 20 heavy (non-hydrogen) atoms. The van der Waals surface area contributed by atoms with E-state index in [0.29, 0.717) is 11.5 Å². The van der Waals surface area contributed by atoms with Crippen molar-refractivity contribution in [1.29, 1.82) is 0 Å². The van der Waals surface area contributed by atoms with Gasteiger partial charge >= 0.3 is 0 Å². The number of anilines is 1. The Morgan fingerprint density at radius 1 is 1.25 bits per heavy atom. The third-order valence-electron chi connectivity index (χ3n) is 3.29. The van der Waals surface area contributed by atoms with E-state index in [4.69, 9.17) is 10.4 Å². The van der Waals surface area contributed by atoms with Crippen molar-refractivity contribution in [3.05, 3.63) is 24.3 Å². The first kappa shape index (κ1) is 13.5. The summed E-state index contributed by atoms with van der Waals surface area (Å²) in [6.45, 7) is 2.12. The van der Waals surface area contributed by atoms with E-state index in [0.717, 1.165) is 11.0 Å². The van der Waals surface area contributed by atoms with Crippen LogP contribution in [0.1, 0.15) is 13.0 Å². The van der Waals surface area contributed by atoms with Crippen molar-refractivity contribution in [2.45, 2.75) is 18.4 Å². The number of para-hydroxylation sites is 2. The van der Waals surface area contributed by atoms with Crippen LogP contribution in [-0.4, -0.2) is 25.3 Å². The van der Waals surface area contributed by atoms with Crippen LogP contribution in [0.4, 0.5) is 5.82 Å². The van der Waals surface area contributed by atoms with E-state index in [2.05, 4.69) is 45.3 Å². The van der Waals surface area contributed by atoms with E-state index in [1.165, 1.54) is 0 Å². The van der Waals surface area contributed by atoms with Gasteiger partial charge in [0.2, 0.25) is 0 Å². The molecule has 0 saturated carbocycles. The zero-order valence-electron chi connectivity index (χ0n) is 10.9. The molecule has 0 fully saturated rings. The van der Waals surface area contributed by atoms with Crippen LogP contribution in [0, 0.1) is 0 Å². The van der Waals surface area contributed by atoms with Crippen molar-refractivity contribution in [3.8, 4) is 11.5 Å². The standard InChI is InChI=1S/C12H15N5OP2/c1-6(12(19)20)17-8-5-3-2-4-7(8)14-11(17)9-10(13)16-18-15-9/h2-6,12H,19-20H2,1H3,(H2,13,16). The van der Waals surface area contributed by atoms with Crippen molar-refractivity contribution in [2.75, 3.05) is 5.73 Å². The normalized spacial score (nSPS) is 13.2. The third-order valence-corrected chi connectivity index (χ3v) is 4.40. The number of hydrogen-bond acceptors (Lipinski definition) is 5. The molecule has 2 heterocycles. The van der Waals surface area contributed by atoms with Crippen LogP contribution in [0.2, 0.25) is 0 Å². The van der Waals surface area contributed by atoms with Crippen LogP contribution < -0.4 is 5.73 Å². The molecule has 104 valence electrons. The minimum atomic E-state index is 0.184. The van der Waals surface area contributed by atoms with E-state index in [9.17, 15) is 0 Å². The summed E-state index contributed by atoms with van der Waals surface area (Å²) in [6, 6.07) is 8.12. The van der Waals surface area contributed by atoms with Crippen molar-refractivity contribution in [2.24, 2.45) is 0 Å². The topological polar surface area (TPSA) is 82.8 Å². The van der Waals surface area contributed by atoms with Gasteiger partial charge in [0, 0.05) is 11.4 Å². The van der Waals surface area contributed by atoms with Crippen LogP contribution in [0.25, 0.3) is 22.6 Å². The fraction of sp³-hybridized carbons (Fsp3) is 0.250. The molecular weight excluding hydrogens is 292 g/mol. The predicted octanol–water partition coefficient (Wildman–Crippen LogP) is 2.31. The summed E-state index contributed by atoms with van der Waals surface area (Å²) < 4.78 is 6.81. The van der Waals surface area contributed by atoms with Gasteiger partial charge in [-0.25, -0.2) is 9.61 Å².